The Morgan fingerprint density at radius 3 is 2.55 bits per heavy atom. The molecule has 0 aliphatic carbocycles. The second-order valence-electron chi connectivity index (χ2n) is 4.49. The third kappa shape index (κ3) is 3.40. The predicted octanol–water partition coefficient (Wildman–Crippen LogP) is 3.26. The molecule has 2 unspecified atom stereocenters. The molecule has 2 rings (SSSR count). The van der Waals surface area contributed by atoms with E-state index in [1.807, 2.05) is 44.3 Å². The van der Waals surface area contributed by atoms with Crippen LogP contribution in [-0.2, 0) is 4.74 Å². The second kappa shape index (κ2) is 7.12. The van der Waals surface area contributed by atoms with E-state index in [4.69, 9.17) is 4.74 Å². The van der Waals surface area contributed by atoms with Crippen LogP contribution in [0.4, 0.5) is 4.39 Å². The van der Waals surface area contributed by atoms with Gasteiger partial charge in [0.05, 0.1) is 12.2 Å². The van der Waals surface area contributed by atoms with Gasteiger partial charge in [-0.25, -0.2) is 4.39 Å². The minimum absolute atomic E-state index is 0.152. The summed E-state index contributed by atoms with van der Waals surface area (Å²) in [6, 6.07) is 11.3. The summed E-state index contributed by atoms with van der Waals surface area (Å²) in [4.78, 5) is 3.92. The largest absolute Gasteiger partial charge is 0.372 e. The zero-order valence-electron chi connectivity index (χ0n) is 11.7. The highest BCUT2D eigenvalue weighted by molar-refractivity contribution is 5.25. The number of benzene rings is 1. The Labute approximate surface area is 118 Å². The smallest absolute Gasteiger partial charge is 0.141 e. The Hall–Kier alpha value is -1.78. The van der Waals surface area contributed by atoms with E-state index in [1.54, 1.807) is 6.20 Å². The van der Waals surface area contributed by atoms with Crippen LogP contribution < -0.4 is 5.32 Å². The van der Waals surface area contributed by atoms with Gasteiger partial charge in [0.2, 0.25) is 0 Å². The summed E-state index contributed by atoms with van der Waals surface area (Å²) in [5.74, 6) is -0.342. The van der Waals surface area contributed by atoms with E-state index < -0.39 is 0 Å². The van der Waals surface area contributed by atoms with Crippen molar-refractivity contribution in [3.63, 3.8) is 0 Å². The van der Waals surface area contributed by atoms with Crippen molar-refractivity contribution in [2.45, 2.75) is 19.1 Å². The van der Waals surface area contributed by atoms with Gasteiger partial charge >= 0.3 is 0 Å². The lowest BCUT2D eigenvalue weighted by Gasteiger charge is -2.27. The van der Waals surface area contributed by atoms with Gasteiger partial charge in [-0.1, -0.05) is 30.3 Å². The molecule has 1 N–H and O–H groups in total. The number of halogens is 1. The highest BCUT2D eigenvalue weighted by atomic mass is 19.1. The minimum Gasteiger partial charge on any atom is -0.372 e. The van der Waals surface area contributed by atoms with Crippen molar-refractivity contribution in [3.05, 3.63) is 65.7 Å². The molecule has 0 aliphatic heterocycles. The van der Waals surface area contributed by atoms with E-state index in [-0.39, 0.29) is 18.0 Å². The van der Waals surface area contributed by atoms with Crippen molar-refractivity contribution >= 4 is 0 Å². The van der Waals surface area contributed by atoms with Gasteiger partial charge in [0, 0.05) is 12.8 Å². The molecule has 0 fully saturated rings. The first-order valence-electron chi connectivity index (χ1n) is 6.70. The normalized spacial score (nSPS) is 13.9. The molecule has 4 heteroatoms. The van der Waals surface area contributed by atoms with Crippen LogP contribution in [0, 0.1) is 5.82 Å². The molecular weight excluding hydrogens is 255 g/mol. The molecule has 0 spiro atoms. The van der Waals surface area contributed by atoms with Gasteiger partial charge in [-0.15, -0.1) is 0 Å². The number of aromatic nitrogens is 1. The zero-order chi connectivity index (χ0) is 14.4. The van der Waals surface area contributed by atoms with Crippen molar-refractivity contribution in [1.82, 2.24) is 10.3 Å². The monoisotopic (exact) mass is 274 g/mol. The van der Waals surface area contributed by atoms with Crippen LogP contribution in [0.15, 0.2) is 48.8 Å². The average Bonchev–Trinajstić information content (AvgIpc) is 2.48. The lowest BCUT2D eigenvalue weighted by atomic mass is 9.97. The first kappa shape index (κ1) is 14.6. The quantitative estimate of drug-likeness (QED) is 0.878. The molecule has 1 heterocycles. The summed E-state index contributed by atoms with van der Waals surface area (Å²) in [5, 5.41) is 3.20. The topological polar surface area (TPSA) is 34.1 Å². The van der Waals surface area contributed by atoms with E-state index in [9.17, 15) is 4.39 Å². The standard InChI is InChI=1S/C16H19FN2O/c1-3-20-16(12-7-5-4-6-8-12)15(18-2)13-9-14(17)11-19-10-13/h4-11,15-16,18H,3H2,1-2H3. The van der Waals surface area contributed by atoms with Gasteiger partial charge in [-0.05, 0) is 31.2 Å². The first-order valence-corrected chi connectivity index (χ1v) is 6.70. The molecule has 0 radical (unpaired) electrons. The lowest BCUT2D eigenvalue weighted by molar-refractivity contribution is 0.0345. The van der Waals surface area contributed by atoms with Crippen LogP contribution in [0.2, 0.25) is 0 Å². The lowest BCUT2D eigenvalue weighted by Crippen LogP contribution is -2.26. The summed E-state index contributed by atoms with van der Waals surface area (Å²) in [6.07, 6.45) is 2.68. The number of nitrogens with one attached hydrogen (secondary N) is 1. The van der Waals surface area contributed by atoms with Crippen LogP contribution in [0.25, 0.3) is 0 Å². The summed E-state index contributed by atoms with van der Waals surface area (Å²) >= 11 is 0. The van der Waals surface area contributed by atoms with Crippen molar-refractivity contribution in [1.29, 1.82) is 0 Å². The molecule has 3 nitrogen and oxygen atoms in total. The molecular formula is C16H19FN2O. The van der Waals surface area contributed by atoms with Gasteiger partial charge in [0.15, 0.2) is 0 Å². The fourth-order valence-electron chi connectivity index (χ4n) is 2.30. The SMILES string of the molecule is CCOC(c1ccccc1)C(NC)c1cncc(F)c1. The Bertz CT molecular complexity index is 533. The molecule has 2 atom stereocenters. The predicted molar refractivity (Wildman–Crippen MR) is 76.8 cm³/mol. The number of hydrogen-bond donors (Lipinski definition) is 1. The van der Waals surface area contributed by atoms with E-state index in [1.165, 1.54) is 12.3 Å². The van der Waals surface area contributed by atoms with Crippen LogP contribution in [-0.4, -0.2) is 18.6 Å². The summed E-state index contributed by atoms with van der Waals surface area (Å²) in [7, 11) is 1.84. The number of rotatable bonds is 6. The number of hydrogen-bond acceptors (Lipinski definition) is 3. The molecule has 0 amide bonds. The average molecular weight is 274 g/mol. The van der Waals surface area contributed by atoms with E-state index in [2.05, 4.69) is 10.3 Å². The van der Waals surface area contributed by atoms with E-state index in [0.717, 1.165) is 11.1 Å². The Balaban J connectivity index is 2.35. The number of ether oxygens (including phenoxy) is 1. The highest BCUT2D eigenvalue weighted by Crippen LogP contribution is 2.31. The van der Waals surface area contributed by atoms with Gasteiger partial charge < -0.3 is 10.1 Å². The second-order valence-corrected chi connectivity index (χ2v) is 4.49. The third-order valence-electron chi connectivity index (χ3n) is 3.17. The van der Waals surface area contributed by atoms with Gasteiger partial charge in [0.25, 0.3) is 0 Å². The molecule has 1 aromatic heterocycles. The van der Waals surface area contributed by atoms with Crippen LogP contribution in [0.1, 0.15) is 30.2 Å². The van der Waals surface area contributed by atoms with Crippen LogP contribution >= 0.6 is 0 Å². The minimum atomic E-state index is -0.342. The van der Waals surface area contributed by atoms with Crippen LogP contribution in [0.5, 0.6) is 0 Å². The molecule has 1 aromatic carbocycles. The van der Waals surface area contributed by atoms with Gasteiger partial charge in [-0.2, -0.15) is 0 Å². The van der Waals surface area contributed by atoms with Gasteiger partial charge in [-0.3, -0.25) is 4.98 Å². The number of likely N-dealkylation sites (N-methyl/N-ethyl adjacent to an activating group) is 1. The molecule has 0 aliphatic rings. The fraction of sp³-hybridized carbons (Fsp3) is 0.312. The molecule has 106 valence electrons. The van der Waals surface area contributed by atoms with Crippen molar-refractivity contribution < 1.29 is 9.13 Å². The molecule has 0 bridgehead atoms. The number of nitrogens with zero attached hydrogens (tertiary/aromatic N) is 1. The first-order chi connectivity index (χ1) is 9.76. The van der Waals surface area contributed by atoms with Crippen molar-refractivity contribution in [2.24, 2.45) is 0 Å². The molecule has 2 aromatic rings. The maximum absolute atomic E-state index is 13.4. The Kier molecular flexibility index (Phi) is 5.21. The van der Waals surface area contributed by atoms with E-state index in [0.29, 0.717) is 6.61 Å². The maximum atomic E-state index is 13.4. The van der Waals surface area contributed by atoms with Gasteiger partial charge in [0.1, 0.15) is 11.9 Å². The fourth-order valence-corrected chi connectivity index (χ4v) is 2.30. The van der Waals surface area contributed by atoms with Crippen molar-refractivity contribution in [3.8, 4) is 0 Å². The van der Waals surface area contributed by atoms with Crippen molar-refractivity contribution in [2.75, 3.05) is 13.7 Å². The summed E-state index contributed by atoms with van der Waals surface area (Å²) in [6.45, 7) is 2.53. The maximum Gasteiger partial charge on any atom is 0.141 e. The summed E-state index contributed by atoms with van der Waals surface area (Å²) < 4.78 is 19.2. The number of pyridine rings is 1. The summed E-state index contributed by atoms with van der Waals surface area (Å²) in [5.41, 5.74) is 1.83. The highest BCUT2D eigenvalue weighted by Gasteiger charge is 2.24. The Morgan fingerprint density at radius 1 is 1.20 bits per heavy atom. The molecule has 0 saturated carbocycles. The molecule has 20 heavy (non-hydrogen) atoms. The zero-order valence-corrected chi connectivity index (χ0v) is 11.7. The third-order valence-corrected chi connectivity index (χ3v) is 3.17. The Morgan fingerprint density at radius 2 is 1.95 bits per heavy atom. The molecule has 0 saturated heterocycles. The van der Waals surface area contributed by atoms with Crippen LogP contribution in [0.3, 0.4) is 0 Å². The van der Waals surface area contributed by atoms with E-state index >= 15 is 0 Å².